The second-order valence-corrected chi connectivity index (χ2v) is 6.00. The highest BCUT2D eigenvalue weighted by Gasteiger charge is 2.15. The number of ketones is 1. The van der Waals surface area contributed by atoms with Crippen LogP contribution in [0.4, 0.5) is 4.79 Å². The lowest BCUT2D eigenvalue weighted by Crippen LogP contribution is -2.33. The summed E-state index contributed by atoms with van der Waals surface area (Å²) < 4.78 is 5.13. The van der Waals surface area contributed by atoms with Crippen LogP contribution in [-0.4, -0.2) is 29.0 Å². The summed E-state index contributed by atoms with van der Waals surface area (Å²) >= 11 is 0. The Morgan fingerprint density at radius 1 is 1.29 bits per heavy atom. The Labute approximate surface area is 126 Å². The van der Waals surface area contributed by atoms with Gasteiger partial charge >= 0.3 is 6.09 Å². The van der Waals surface area contributed by atoms with Crippen molar-refractivity contribution in [2.45, 2.75) is 52.6 Å². The molecule has 0 bridgehead atoms. The Hall–Kier alpha value is -1.91. The summed E-state index contributed by atoms with van der Waals surface area (Å²) in [4.78, 5) is 27.4. The second-order valence-electron chi connectivity index (χ2n) is 6.00. The number of hydrogen-bond donors (Lipinski definition) is 1. The average molecular weight is 292 g/mol. The van der Waals surface area contributed by atoms with Crippen molar-refractivity contribution in [3.05, 3.63) is 29.6 Å². The molecule has 1 heterocycles. The van der Waals surface area contributed by atoms with Gasteiger partial charge in [0.2, 0.25) is 0 Å². The highest BCUT2D eigenvalue weighted by Crippen LogP contribution is 2.10. The summed E-state index contributed by atoms with van der Waals surface area (Å²) in [6, 6.07) is 1.83. The highest BCUT2D eigenvalue weighted by atomic mass is 16.6. The predicted octanol–water partition coefficient (Wildman–Crippen LogP) is 3.27. The number of carbonyl (C=O) groups is 2. The number of alkyl carbamates (subject to hydrolysis) is 1. The number of ether oxygens (including phenoxy) is 1. The van der Waals surface area contributed by atoms with Gasteiger partial charge in [-0.15, -0.1) is 0 Å². The molecule has 0 radical (unpaired) electrons. The molecule has 0 saturated carbocycles. The molecule has 1 amide bonds. The number of pyridine rings is 1. The van der Waals surface area contributed by atoms with Crippen molar-refractivity contribution in [3.8, 4) is 0 Å². The predicted molar refractivity (Wildman–Crippen MR) is 81.4 cm³/mol. The maximum atomic E-state index is 12.0. The fraction of sp³-hybridized carbons (Fsp3) is 0.562. The molecular weight excluding hydrogens is 268 g/mol. The monoisotopic (exact) mass is 292 g/mol. The van der Waals surface area contributed by atoms with E-state index in [2.05, 4.69) is 10.3 Å². The van der Waals surface area contributed by atoms with E-state index in [0.717, 1.165) is 18.4 Å². The molecule has 1 N–H and O–H groups in total. The number of hydrogen-bond acceptors (Lipinski definition) is 4. The summed E-state index contributed by atoms with van der Waals surface area (Å²) in [5.74, 6) is 0.0952. The molecule has 0 aliphatic rings. The molecule has 116 valence electrons. The van der Waals surface area contributed by atoms with Crippen LogP contribution in [0.1, 0.15) is 56.0 Å². The number of amides is 1. The lowest BCUT2D eigenvalue weighted by atomic mass is 10.0. The van der Waals surface area contributed by atoms with Gasteiger partial charge in [-0.1, -0.05) is 0 Å². The van der Waals surface area contributed by atoms with E-state index >= 15 is 0 Å². The van der Waals surface area contributed by atoms with Gasteiger partial charge in [0, 0.05) is 30.9 Å². The summed E-state index contributed by atoms with van der Waals surface area (Å²) in [5.41, 5.74) is 1.14. The van der Waals surface area contributed by atoms with Gasteiger partial charge in [0.15, 0.2) is 5.78 Å². The Bertz CT molecular complexity index is 493. The van der Waals surface area contributed by atoms with Crippen molar-refractivity contribution >= 4 is 11.9 Å². The van der Waals surface area contributed by atoms with Gasteiger partial charge in [-0.3, -0.25) is 9.78 Å². The Morgan fingerprint density at radius 2 is 2.00 bits per heavy atom. The first-order chi connectivity index (χ1) is 9.79. The maximum absolute atomic E-state index is 12.0. The van der Waals surface area contributed by atoms with E-state index in [-0.39, 0.29) is 5.78 Å². The van der Waals surface area contributed by atoms with Crippen molar-refractivity contribution in [1.29, 1.82) is 0 Å². The topological polar surface area (TPSA) is 68.3 Å². The fourth-order valence-electron chi connectivity index (χ4n) is 1.81. The Morgan fingerprint density at radius 3 is 2.62 bits per heavy atom. The first-order valence-electron chi connectivity index (χ1n) is 7.20. The van der Waals surface area contributed by atoms with Crippen molar-refractivity contribution < 1.29 is 14.3 Å². The Kier molecular flexibility index (Phi) is 6.34. The third kappa shape index (κ3) is 6.88. The summed E-state index contributed by atoms with van der Waals surface area (Å²) in [7, 11) is 0. The fourth-order valence-corrected chi connectivity index (χ4v) is 1.81. The molecule has 1 rings (SSSR count). The van der Waals surface area contributed by atoms with Crippen molar-refractivity contribution in [1.82, 2.24) is 10.3 Å². The minimum absolute atomic E-state index is 0.0952. The van der Waals surface area contributed by atoms with Crippen LogP contribution < -0.4 is 5.32 Å². The normalized spacial score (nSPS) is 11.0. The lowest BCUT2D eigenvalue weighted by Gasteiger charge is -2.19. The minimum atomic E-state index is -0.488. The smallest absolute Gasteiger partial charge is 0.407 e. The molecule has 0 aliphatic heterocycles. The lowest BCUT2D eigenvalue weighted by molar-refractivity contribution is 0.0527. The minimum Gasteiger partial charge on any atom is -0.444 e. The van der Waals surface area contributed by atoms with Crippen LogP contribution in [0.3, 0.4) is 0 Å². The molecule has 0 spiro atoms. The molecule has 5 nitrogen and oxygen atoms in total. The first-order valence-corrected chi connectivity index (χ1v) is 7.20. The molecule has 5 heteroatoms. The third-order valence-electron chi connectivity index (χ3n) is 2.84. The van der Waals surface area contributed by atoms with Crippen molar-refractivity contribution in [2.24, 2.45) is 0 Å². The largest absolute Gasteiger partial charge is 0.444 e. The zero-order valence-corrected chi connectivity index (χ0v) is 13.2. The third-order valence-corrected chi connectivity index (χ3v) is 2.84. The molecule has 0 saturated heterocycles. The zero-order valence-electron chi connectivity index (χ0n) is 13.2. The van der Waals surface area contributed by atoms with Gasteiger partial charge in [0.25, 0.3) is 0 Å². The van der Waals surface area contributed by atoms with Crippen LogP contribution in [0.2, 0.25) is 0 Å². The standard InChI is InChI=1S/C16H24N2O3/c1-12-8-10-17-11-13(12)14(19)7-5-6-9-18-15(20)21-16(2,3)4/h8,10-11H,5-7,9H2,1-4H3,(H,18,20). The van der Waals surface area contributed by atoms with Crippen LogP contribution in [-0.2, 0) is 4.74 Å². The molecule has 0 fully saturated rings. The number of Topliss-reactive ketones (excluding diaryl/α,β-unsaturated/α-hetero) is 1. The van der Waals surface area contributed by atoms with Gasteiger partial charge < -0.3 is 10.1 Å². The van der Waals surface area contributed by atoms with Crippen LogP contribution in [0, 0.1) is 6.92 Å². The number of carbonyl (C=O) groups excluding carboxylic acids is 2. The molecule has 0 unspecified atom stereocenters. The second kappa shape index (κ2) is 7.76. The van der Waals surface area contributed by atoms with E-state index in [1.165, 1.54) is 0 Å². The highest BCUT2D eigenvalue weighted by molar-refractivity contribution is 5.97. The van der Waals surface area contributed by atoms with Crippen molar-refractivity contribution in [2.75, 3.05) is 6.54 Å². The number of nitrogens with one attached hydrogen (secondary N) is 1. The van der Waals surface area contributed by atoms with E-state index in [1.54, 1.807) is 12.4 Å². The summed E-state index contributed by atoms with van der Waals surface area (Å²) in [5, 5.41) is 2.68. The summed E-state index contributed by atoms with van der Waals surface area (Å²) in [6.45, 7) is 7.87. The molecule has 0 atom stereocenters. The molecular formula is C16H24N2O3. The Balaban J connectivity index is 2.22. The summed E-state index contributed by atoms with van der Waals surface area (Å²) in [6.07, 6.45) is 4.79. The van der Waals surface area contributed by atoms with Gasteiger partial charge in [-0.25, -0.2) is 4.79 Å². The van der Waals surface area contributed by atoms with Gasteiger partial charge in [-0.2, -0.15) is 0 Å². The quantitative estimate of drug-likeness (QED) is 0.645. The first kappa shape index (κ1) is 17.1. The maximum Gasteiger partial charge on any atom is 0.407 e. The van der Waals surface area contributed by atoms with Gasteiger partial charge in [0.05, 0.1) is 0 Å². The van der Waals surface area contributed by atoms with E-state index < -0.39 is 11.7 Å². The van der Waals surface area contributed by atoms with Crippen LogP contribution >= 0.6 is 0 Å². The SMILES string of the molecule is Cc1ccncc1C(=O)CCCCNC(=O)OC(C)(C)C. The number of aromatic nitrogens is 1. The zero-order chi connectivity index (χ0) is 15.9. The van der Waals surface area contributed by atoms with E-state index in [1.807, 2.05) is 33.8 Å². The van der Waals surface area contributed by atoms with Crippen LogP contribution in [0.5, 0.6) is 0 Å². The van der Waals surface area contributed by atoms with Crippen molar-refractivity contribution in [3.63, 3.8) is 0 Å². The molecule has 0 aliphatic carbocycles. The van der Waals surface area contributed by atoms with Gasteiger partial charge in [-0.05, 0) is 52.2 Å². The number of nitrogens with zero attached hydrogens (tertiary/aromatic N) is 1. The average Bonchev–Trinajstić information content (AvgIpc) is 2.36. The molecule has 0 aromatic carbocycles. The van der Waals surface area contributed by atoms with E-state index in [0.29, 0.717) is 18.5 Å². The van der Waals surface area contributed by atoms with E-state index in [9.17, 15) is 9.59 Å². The number of unbranched alkanes of at least 4 members (excludes halogenated alkanes) is 1. The molecule has 21 heavy (non-hydrogen) atoms. The van der Waals surface area contributed by atoms with Crippen LogP contribution in [0.15, 0.2) is 18.5 Å². The van der Waals surface area contributed by atoms with Crippen LogP contribution in [0.25, 0.3) is 0 Å². The number of aryl methyl sites for hydroxylation is 1. The van der Waals surface area contributed by atoms with Gasteiger partial charge in [0.1, 0.15) is 5.60 Å². The molecule has 1 aromatic heterocycles. The number of rotatable bonds is 6. The van der Waals surface area contributed by atoms with E-state index in [4.69, 9.17) is 4.74 Å². The molecule has 1 aromatic rings.